The van der Waals surface area contributed by atoms with Crippen LogP contribution in [0.5, 0.6) is 0 Å². The van der Waals surface area contributed by atoms with Gasteiger partial charge in [0, 0.05) is 0 Å². The van der Waals surface area contributed by atoms with Crippen LogP contribution >= 0.6 is 0 Å². The summed E-state index contributed by atoms with van der Waals surface area (Å²) < 4.78 is 33.0. The van der Waals surface area contributed by atoms with Gasteiger partial charge >= 0.3 is 0 Å². The Balaban J connectivity index is 1.87. The minimum absolute atomic E-state index is 0.0902. The number of ether oxygens (including phenoxy) is 1. The molecule has 1 aliphatic heterocycles. The van der Waals surface area contributed by atoms with Crippen LogP contribution in [0.3, 0.4) is 0 Å². The standard InChI is InChI=1S/C16H17NO3S/c1-12-7-9-14(10-8-12)21(18,19)17-16(15-11-20-15)13-5-3-2-4-6-13/h2-10,15-17H,11H2,1H3/t15-,16-/m1/s1. The number of rotatable bonds is 5. The molecule has 2 aromatic carbocycles. The van der Waals surface area contributed by atoms with E-state index in [0.29, 0.717) is 6.61 Å². The van der Waals surface area contributed by atoms with Crippen molar-refractivity contribution in [2.75, 3.05) is 6.61 Å². The molecule has 3 rings (SSSR count). The molecule has 0 spiro atoms. The van der Waals surface area contributed by atoms with Crippen LogP contribution in [0.25, 0.3) is 0 Å². The monoisotopic (exact) mass is 303 g/mol. The molecule has 1 aliphatic rings. The van der Waals surface area contributed by atoms with Gasteiger partial charge in [-0.3, -0.25) is 0 Å². The third-order valence-corrected chi connectivity index (χ3v) is 4.96. The minimum atomic E-state index is -3.56. The summed E-state index contributed by atoms with van der Waals surface area (Å²) >= 11 is 0. The van der Waals surface area contributed by atoms with Gasteiger partial charge < -0.3 is 4.74 Å². The quantitative estimate of drug-likeness (QED) is 0.863. The van der Waals surface area contributed by atoms with Gasteiger partial charge in [-0.05, 0) is 24.6 Å². The maximum absolute atomic E-state index is 12.5. The molecule has 0 unspecified atom stereocenters. The Kier molecular flexibility index (Phi) is 3.80. The van der Waals surface area contributed by atoms with Crippen LogP contribution in [0.1, 0.15) is 17.2 Å². The molecule has 1 fully saturated rings. The molecule has 0 amide bonds. The van der Waals surface area contributed by atoms with E-state index >= 15 is 0 Å². The molecule has 0 saturated carbocycles. The number of hydrogen-bond acceptors (Lipinski definition) is 3. The predicted octanol–water partition coefficient (Wildman–Crippen LogP) is 2.41. The van der Waals surface area contributed by atoms with Gasteiger partial charge in [-0.1, -0.05) is 48.0 Å². The molecule has 1 N–H and O–H groups in total. The molecule has 0 radical (unpaired) electrons. The highest BCUT2D eigenvalue weighted by atomic mass is 32.2. The fourth-order valence-corrected chi connectivity index (χ4v) is 3.47. The first-order valence-electron chi connectivity index (χ1n) is 6.82. The van der Waals surface area contributed by atoms with Crippen LogP contribution in [0, 0.1) is 6.92 Å². The number of epoxide rings is 1. The van der Waals surface area contributed by atoms with E-state index in [1.807, 2.05) is 37.3 Å². The summed E-state index contributed by atoms with van der Waals surface area (Å²) in [5.74, 6) is 0. The van der Waals surface area contributed by atoms with Crippen LogP contribution in [0.2, 0.25) is 0 Å². The zero-order chi connectivity index (χ0) is 14.9. The molecule has 110 valence electrons. The molecule has 0 aliphatic carbocycles. The Hall–Kier alpha value is -1.69. The summed E-state index contributed by atoms with van der Waals surface area (Å²) in [4.78, 5) is 0.273. The van der Waals surface area contributed by atoms with E-state index in [9.17, 15) is 8.42 Å². The van der Waals surface area contributed by atoms with E-state index in [0.717, 1.165) is 11.1 Å². The van der Waals surface area contributed by atoms with Crippen molar-refractivity contribution in [2.45, 2.75) is 24.0 Å². The van der Waals surface area contributed by atoms with E-state index in [4.69, 9.17) is 4.74 Å². The number of aryl methyl sites for hydroxylation is 1. The van der Waals surface area contributed by atoms with Crippen molar-refractivity contribution in [1.82, 2.24) is 4.72 Å². The van der Waals surface area contributed by atoms with Gasteiger partial charge in [-0.25, -0.2) is 13.1 Å². The van der Waals surface area contributed by atoms with Gasteiger partial charge in [0.1, 0.15) is 6.10 Å². The van der Waals surface area contributed by atoms with Gasteiger partial charge in [0.2, 0.25) is 10.0 Å². The fourth-order valence-electron chi connectivity index (χ4n) is 2.22. The van der Waals surface area contributed by atoms with Crippen LogP contribution in [-0.2, 0) is 14.8 Å². The van der Waals surface area contributed by atoms with Gasteiger partial charge in [0.25, 0.3) is 0 Å². The second-order valence-electron chi connectivity index (χ2n) is 5.19. The van der Waals surface area contributed by atoms with Crippen molar-refractivity contribution in [3.05, 3.63) is 65.7 Å². The summed E-state index contributed by atoms with van der Waals surface area (Å²) in [7, 11) is -3.56. The second-order valence-corrected chi connectivity index (χ2v) is 6.91. The third-order valence-electron chi connectivity index (χ3n) is 3.50. The summed E-state index contributed by atoms with van der Waals surface area (Å²) in [6, 6.07) is 16.0. The molecule has 5 heteroatoms. The Morgan fingerprint density at radius 2 is 1.71 bits per heavy atom. The fraction of sp³-hybridized carbons (Fsp3) is 0.250. The lowest BCUT2D eigenvalue weighted by Gasteiger charge is -2.17. The van der Waals surface area contributed by atoms with Crippen molar-refractivity contribution >= 4 is 10.0 Å². The first-order chi connectivity index (χ1) is 10.1. The molecule has 2 aromatic rings. The molecule has 2 atom stereocenters. The Morgan fingerprint density at radius 1 is 1.10 bits per heavy atom. The predicted molar refractivity (Wildman–Crippen MR) is 80.4 cm³/mol. The number of benzene rings is 2. The van der Waals surface area contributed by atoms with Gasteiger partial charge in [0.05, 0.1) is 17.5 Å². The van der Waals surface area contributed by atoms with Crippen molar-refractivity contribution in [3.8, 4) is 0 Å². The normalized spacial score (nSPS) is 19.2. The van der Waals surface area contributed by atoms with Crippen LogP contribution in [0.4, 0.5) is 0 Å². The van der Waals surface area contributed by atoms with Crippen LogP contribution in [0.15, 0.2) is 59.5 Å². The molecular weight excluding hydrogens is 286 g/mol. The van der Waals surface area contributed by atoms with Crippen molar-refractivity contribution < 1.29 is 13.2 Å². The zero-order valence-electron chi connectivity index (χ0n) is 11.7. The summed E-state index contributed by atoms with van der Waals surface area (Å²) in [5.41, 5.74) is 1.94. The highest BCUT2D eigenvalue weighted by Gasteiger charge is 2.36. The van der Waals surface area contributed by atoms with Crippen LogP contribution < -0.4 is 4.72 Å². The lowest BCUT2D eigenvalue weighted by atomic mass is 10.1. The lowest BCUT2D eigenvalue weighted by molar-refractivity contribution is 0.364. The maximum atomic E-state index is 12.5. The van der Waals surface area contributed by atoms with E-state index < -0.39 is 10.0 Å². The van der Waals surface area contributed by atoms with Crippen molar-refractivity contribution in [3.63, 3.8) is 0 Å². The highest BCUT2D eigenvalue weighted by molar-refractivity contribution is 7.89. The minimum Gasteiger partial charge on any atom is -0.371 e. The lowest BCUT2D eigenvalue weighted by Crippen LogP contribution is -2.32. The topological polar surface area (TPSA) is 58.7 Å². The maximum Gasteiger partial charge on any atom is 0.241 e. The largest absolute Gasteiger partial charge is 0.371 e. The van der Waals surface area contributed by atoms with Gasteiger partial charge in [-0.2, -0.15) is 0 Å². The Labute approximate surface area is 124 Å². The number of sulfonamides is 1. The first-order valence-corrected chi connectivity index (χ1v) is 8.30. The molecule has 1 saturated heterocycles. The average Bonchev–Trinajstić information content (AvgIpc) is 3.31. The van der Waals surface area contributed by atoms with E-state index in [1.54, 1.807) is 24.3 Å². The van der Waals surface area contributed by atoms with E-state index in [1.165, 1.54) is 0 Å². The molecule has 1 heterocycles. The van der Waals surface area contributed by atoms with Gasteiger partial charge in [-0.15, -0.1) is 0 Å². The molecule has 21 heavy (non-hydrogen) atoms. The SMILES string of the molecule is Cc1ccc(S(=O)(=O)N[C@H](c2ccccc2)[C@H]2CO2)cc1. The van der Waals surface area contributed by atoms with Crippen LogP contribution in [-0.4, -0.2) is 21.1 Å². The summed E-state index contributed by atoms with van der Waals surface area (Å²) in [5, 5.41) is 0. The number of hydrogen-bond donors (Lipinski definition) is 1. The average molecular weight is 303 g/mol. The second kappa shape index (κ2) is 5.60. The summed E-state index contributed by atoms with van der Waals surface area (Å²) in [6.07, 6.45) is -0.0902. The Bertz CT molecular complexity index is 707. The molecule has 0 bridgehead atoms. The molecule has 4 nitrogen and oxygen atoms in total. The third kappa shape index (κ3) is 3.32. The summed E-state index contributed by atoms with van der Waals surface area (Å²) in [6.45, 7) is 2.50. The van der Waals surface area contributed by atoms with Crippen molar-refractivity contribution in [2.24, 2.45) is 0 Å². The highest BCUT2D eigenvalue weighted by Crippen LogP contribution is 2.29. The number of nitrogens with one attached hydrogen (secondary N) is 1. The molecule has 0 aromatic heterocycles. The zero-order valence-corrected chi connectivity index (χ0v) is 12.5. The van der Waals surface area contributed by atoms with E-state index in [2.05, 4.69) is 4.72 Å². The van der Waals surface area contributed by atoms with E-state index in [-0.39, 0.29) is 17.0 Å². The Morgan fingerprint density at radius 3 is 2.29 bits per heavy atom. The van der Waals surface area contributed by atoms with Crippen molar-refractivity contribution in [1.29, 1.82) is 0 Å². The smallest absolute Gasteiger partial charge is 0.241 e. The van der Waals surface area contributed by atoms with Gasteiger partial charge in [0.15, 0.2) is 0 Å². The first kappa shape index (κ1) is 14.3. The molecular formula is C16H17NO3S.